The van der Waals surface area contributed by atoms with Gasteiger partial charge in [0.25, 0.3) is 0 Å². The first-order chi connectivity index (χ1) is 10.6. The highest BCUT2D eigenvalue weighted by molar-refractivity contribution is 6.06. The first-order valence-electron chi connectivity index (χ1n) is 8.20. The highest BCUT2D eigenvalue weighted by Crippen LogP contribution is 2.50. The molecule has 4 rings (SSSR count). The fourth-order valence-corrected chi connectivity index (χ4v) is 4.40. The summed E-state index contributed by atoms with van der Waals surface area (Å²) in [5.74, 6) is -0.499. The van der Waals surface area contributed by atoms with E-state index in [-0.39, 0.29) is 41.9 Å². The summed E-state index contributed by atoms with van der Waals surface area (Å²) in [5, 5.41) is 0. The van der Waals surface area contributed by atoms with E-state index in [0.717, 1.165) is 24.8 Å². The smallest absolute Gasteiger partial charge is 0.236 e. The van der Waals surface area contributed by atoms with Gasteiger partial charge in [-0.3, -0.25) is 14.5 Å². The van der Waals surface area contributed by atoms with Crippen molar-refractivity contribution >= 4 is 11.8 Å². The molecular formula is C18H21NO3. The molecule has 1 aromatic carbocycles. The number of amides is 2. The molecule has 3 fully saturated rings. The van der Waals surface area contributed by atoms with Gasteiger partial charge in [-0.1, -0.05) is 36.8 Å². The molecule has 0 aliphatic carbocycles. The van der Waals surface area contributed by atoms with Crippen LogP contribution in [0.2, 0.25) is 0 Å². The maximum absolute atomic E-state index is 12.9. The van der Waals surface area contributed by atoms with E-state index in [4.69, 9.17) is 4.74 Å². The molecule has 3 saturated heterocycles. The van der Waals surface area contributed by atoms with Crippen LogP contribution in [0.5, 0.6) is 0 Å². The van der Waals surface area contributed by atoms with Crippen LogP contribution in [0.15, 0.2) is 24.3 Å². The minimum atomic E-state index is -0.231. The zero-order valence-electron chi connectivity index (χ0n) is 13.0. The Labute approximate surface area is 130 Å². The van der Waals surface area contributed by atoms with E-state index in [0.29, 0.717) is 0 Å². The Balaban J connectivity index is 1.68. The number of carbonyl (C=O) groups excluding carboxylic acids is 2. The minimum Gasteiger partial charge on any atom is -0.373 e. The second kappa shape index (κ2) is 4.92. The SMILES string of the molecule is CC[C@H](c1ccc(C)cc1)N1C(=O)[C@@H]2[C@@H](C1=O)[C@H]1CC[C@H]2O1. The predicted molar refractivity (Wildman–Crippen MR) is 80.9 cm³/mol. The summed E-state index contributed by atoms with van der Waals surface area (Å²) < 4.78 is 5.79. The highest BCUT2D eigenvalue weighted by atomic mass is 16.5. The number of ether oxygens (including phenoxy) is 1. The summed E-state index contributed by atoms with van der Waals surface area (Å²) >= 11 is 0. The zero-order valence-corrected chi connectivity index (χ0v) is 13.0. The van der Waals surface area contributed by atoms with Crippen LogP contribution in [0, 0.1) is 18.8 Å². The molecule has 3 heterocycles. The first-order valence-corrected chi connectivity index (χ1v) is 8.20. The number of fused-ring (bicyclic) bond motifs is 5. The lowest BCUT2D eigenvalue weighted by molar-refractivity contribution is -0.145. The predicted octanol–water partition coefficient (Wildman–Crippen LogP) is 2.61. The third-order valence-electron chi connectivity index (χ3n) is 5.48. The van der Waals surface area contributed by atoms with Gasteiger partial charge in [0.05, 0.1) is 30.1 Å². The lowest BCUT2D eigenvalue weighted by Crippen LogP contribution is -2.37. The number of benzene rings is 1. The molecule has 3 aliphatic heterocycles. The van der Waals surface area contributed by atoms with Crippen molar-refractivity contribution in [3.05, 3.63) is 35.4 Å². The van der Waals surface area contributed by atoms with Crippen molar-refractivity contribution in [1.29, 1.82) is 0 Å². The zero-order chi connectivity index (χ0) is 15.4. The maximum atomic E-state index is 12.9. The van der Waals surface area contributed by atoms with Gasteiger partial charge in [0.1, 0.15) is 0 Å². The average molecular weight is 299 g/mol. The van der Waals surface area contributed by atoms with E-state index in [1.807, 2.05) is 38.1 Å². The number of aryl methyl sites for hydroxylation is 1. The summed E-state index contributed by atoms with van der Waals surface area (Å²) in [7, 11) is 0. The van der Waals surface area contributed by atoms with Crippen LogP contribution in [0.4, 0.5) is 0 Å². The molecule has 3 aliphatic rings. The number of hydrogen-bond donors (Lipinski definition) is 0. The Morgan fingerprint density at radius 3 is 2.14 bits per heavy atom. The summed E-state index contributed by atoms with van der Waals surface area (Å²) in [6.07, 6.45) is 2.51. The van der Waals surface area contributed by atoms with E-state index >= 15 is 0 Å². The van der Waals surface area contributed by atoms with Crippen molar-refractivity contribution in [2.75, 3.05) is 0 Å². The lowest BCUT2D eigenvalue weighted by atomic mass is 9.81. The number of likely N-dealkylation sites (tertiary alicyclic amines) is 1. The molecule has 0 radical (unpaired) electrons. The largest absolute Gasteiger partial charge is 0.373 e. The quantitative estimate of drug-likeness (QED) is 0.806. The Bertz CT molecular complexity index is 596. The molecule has 2 amide bonds. The molecule has 0 saturated carbocycles. The average Bonchev–Trinajstić information content (AvgIpc) is 3.18. The summed E-state index contributed by atoms with van der Waals surface area (Å²) in [6.45, 7) is 4.07. The van der Waals surface area contributed by atoms with E-state index in [2.05, 4.69) is 0 Å². The molecule has 116 valence electrons. The van der Waals surface area contributed by atoms with Gasteiger partial charge < -0.3 is 4.74 Å². The van der Waals surface area contributed by atoms with Crippen molar-refractivity contribution in [2.45, 2.75) is 51.4 Å². The molecule has 1 aromatic rings. The van der Waals surface area contributed by atoms with Gasteiger partial charge in [0, 0.05) is 0 Å². The molecular weight excluding hydrogens is 278 g/mol. The van der Waals surface area contributed by atoms with Crippen LogP contribution < -0.4 is 0 Å². The van der Waals surface area contributed by atoms with Crippen molar-refractivity contribution in [3.63, 3.8) is 0 Å². The molecule has 5 atom stereocenters. The van der Waals surface area contributed by atoms with Crippen LogP contribution in [0.1, 0.15) is 43.4 Å². The van der Waals surface area contributed by atoms with Gasteiger partial charge >= 0.3 is 0 Å². The first kappa shape index (κ1) is 13.9. The van der Waals surface area contributed by atoms with Crippen molar-refractivity contribution in [2.24, 2.45) is 11.8 Å². The van der Waals surface area contributed by atoms with Crippen LogP contribution in [0.25, 0.3) is 0 Å². The van der Waals surface area contributed by atoms with E-state index in [1.54, 1.807) is 0 Å². The molecule has 0 unspecified atom stereocenters. The maximum Gasteiger partial charge on any atom is 0.236 e. The molecule has 0 N–H and O–H groups in total. The fourth-order valence-electron chi connectivity index (χ4n) is 4.40. The fraction of sp³-hybridized carbons (Fsp3) is 0.556. The standard InChI is InChI=1S/C18H21NO3/c1-3-12(11-6-4-10(2)5-7-11)19-17(20)15-13-8-9-14(22-13)16(15)18(19)21/h4-7,12-16H,3,8-9H2,1-2H3/t12-,13-,14-,15+,16+/m1/s1. The van der Waals surface area contributed by atoms with Gasteiger partial charge in [0.2, 0.25) is 11.8 Å². The number of imide groups is 1. The van der Waals surface area contributed by atoms with Crippen molar-refractivity contribution < 1.29 is 14.3 Å². The number of carbonyl (C=O) groups is 2. The lowest BCUT2D eigenvalue weighted by Gasteiger charge is -2.27. The number of hydrogen-bond acceptors (Lipinski definition) is 3. The van der Waals surface area contributed by atoms with Gasteiger partial charge in [-0.05, 0) is 31.7 Å². The normalized spacial score (nSPS) is 34.4. The van der Waals surface area contributed by atoms with Gasteiger partial charge in [0.15, 0.2) is 0 Å². The molecule has 22 heavy (non-hydrogen) atoms. The Morgan fingerprint density at radius 2 is 1.64 bits per heavy atom. The number of rotatable bonds is 3. The van der Waals surface area contributed by atoms with Gasteiger partial charge in [-0.2, -0.15) is 0 Å². The van der Waals surface area contributed by atoms with Crippen LogP contribution in [-0.4, -0.2) is 28.9 Å². The molecule has 2 bridgehead atoms. The van der Waals surface area contributed by atoms with Gasteiger partial charge in [-0.25, -0.2) is 0 Å². The number of nitrogens with zero attached hydrogens (tertiary/aromatic N) is 1. The van der Waals surface area contributed by atoms with E-state index in [1.165, 1.54) is 10.5 Å². The van der Waals surface area contributed by atoms with E-state index in [9.17, 15) is 9.59 Å². The summed E-state index contributed by atoms with van der Waals surface area (Å²) in [5.41, 5.74) is 2.23. The topological polar surface area (TPSA) is 46.6 Å². The van der Waals surface area contributed by atoms with Crippen molar-refractivity contribution in [1.82, 2.24) is 4.90 Å². The third kappa shape index (κ3) is 1.80. The molecule has 4 heteroatoms. The third-order valence-corrected chi connectivity index (χ3v) is 5.48. The molecule has 0 spiro atoms. The highest BCUT2D eigenvalue weighted by Gasteiger charge is 2.63. The molecule has 0 aromatic heterocycles. The van der Waals surface area contributed by atoms with Gasteiger partial charge in [-0.15, -0.1) is 0 Å². The van der Waals surface area contributed by atoms with Crippen LogP contribution in [0.3, 0.4) is 0 Å². The second-order valence-electron chi connectivity index (χ2n) is 6.72. The summed E-state index contributed by atoms with van der Waals surface area (Å²) in [6, 6.07) is 7.99. The monoisotopic (exact) mass is 299 g/mol. The second-order valence-corrected chi connectivity index (χ2v) is 6.72. The van der Waals surface area contributed by atoms with E-state index < -0.39 is 0 Å². The van der Waals surface area contributed by atoms with Crippen molar-refractivity contribution in [3.8, 4) is 0 Å². The van der Waals surface area contributed by atoms with Crippen LogP contribution in [-0.2, 0) is 14.3 Å². The summed E-state index contributed by atoms with van der Waals surface area (Å²) in [4.78, 5) is 27.2. The minimum absolute atomic E-state index is 0.0189. The Morgan fingerprint density at radius 1 is 1.09 bits per heavy atom. The van der Waals surface area contributed by atoms with Crippen LogP contribution >= 0.6 is 0 Å². The Hall–Kier alpha value is -1.68. The Kier molecular flexibility index (Phi) is 3.12. The molecule has 4 nitrogen and oxygen atoms in total.